The summed E-state index contributed by atoms with van der Waals surface area (Å²) in [5, 5.41) is 5.24. The van der Waals surface area contributed by atoms with Crippen molar-refractivity contribution in [2.24, 2.45) is 0 Å². The number of hydrogen-bond donors (Lipinski definition) is 0. The lowest BCUT2D eigenvalue weighted by Crippen LogP contribution is -2.24. The molecule has 0 aromatic heterocycles. The Morgan fingerprint density at radius 1 is 0.677 bits per heavy atom. The smallest absolute Gasteiger partial charge is 0.0452 e. The SMILES string of the molecule is CCCCN(CCCC)C(=Cc1ccccc1)c1cccc2cc3ccccc3cc12. The number of unbranched alkanes of at least 4 members (excludes halogenated alkanes) is 2. The van der Waals surface area contributed by atoms with Crippen molar-refractivity contribution in [2.75, 3.05) is 13.1 Å². The van der Waals surface area contributed by atoms with Gasteiger partial charge in [-0.3, -0.25) is 0 Å². The molecule has 4 aromatic carbocycles. The van der Waals surface area contributed by atoms with Crippen LogP contribution in [-0.4, -0.2) is 18.0 Å². The van der Waals surface area contributed by atoms with Crippen molar-refractivity contribution in [2.45, 2.75) is 39.5 Å². The normalized spacial score (nSPS) is 11.9. The van der Waals surface area contributed by atoms with Crippen LogP contribution in [0.1, 0.15) is 50.7 Å². The van der Waals surface area contributed by atoms with Gasteiger partial charge in [-0.25, -0.2) is 0 Å². The molecule has 0 bridgehead atoms. The van der Waals surface area contributed by atoms with Gasteiger partial charge < -0.3 is 4.90 Å². The van der Waals surface area contributed by atoms with Crippen LogP contribution < -0.4 is 0 Å². The van der Waals surface area contributed by atoms with E-state index in [4.69, 9.17) is 0 Å². The number of nitrogens with zero attached hydrogens (tertiary/aromatic N) is 1. The average molecular weight is 408 g/mol. The molecule has 0 aliphatic heterocycles. The molecule has 0 radical (unpaired) electrons. The van der Waals surface area contributed by atoms with Crippen LogP contribution in [0.3, 0.4) is 0 Å². The molecule has 0 heterocycles. The fraction of sp³-hybridized carbons (Fsp3) is 0.267. The minimum absolute atomic E-state index is 1.10. The highest BCUT2D eigenvalue weighted by Gasteiger charge is 2.15. The van der Waals surface area contributed by atoms with Crippen LogP contribution in [0.25, 0.3) is 33.3 Å². The summed E-state index contributed by atoms with van der Waals surface area (Å²) in [6.45, 7) is 6.75. The average Bonchev–Trinajstić information content (AvgIpc) is 2.82. The molecule has 1 heteroatoms. The minimum atomic E-state index is 1.10. The second-order valence-corrected chi connectivity index (χ2v) is 8.36. The van der Waals surface area contributed by atoms with Gasteiger partial charge in [-0.15, -0.1) is 0 Å². The van der Waals surface area contributed by atoms with E-state index in [1.165, 1.54) is 64.1 Å². The Labute approximate surface area is 187 Å². The summed E-state index contributed by atoms with van der Waals surface area (Å²) in [7, 11) is 0. The van der Waals surface area contributed by atoms with E-state index in [0.717, 1.165) is 13.1 Å². The third-order valence-corrected chi connectivity index (χ3v) is 6.03. The van der Waals surface area contributed by atoms with Gasteiger partial charge in [-0.1, -0.05) is 99.5 Å². The Bertz CT molecular complexity index is 1150. The second-order valence-electron chi connectivity index (χ2n) is 8.36. The molecule has 0 spiro atoms. The lowest BCUT2D eigenvalue weighted by atomic mass is 9.96. The van der Waals surface area contributed by atoms with Gasteiger partial charge in [0.15, 0.2) is 0 Å². The first-order chi connectivity index (χ1) is 15.3. The molecule has 0 fully saturated rings. The highest BCUT2D eigenvalue weighted by Crippen LogP contribution is 2.32. The Morgan fingerprint density at radius 3 is 1.97 bits per heavy atom. The van der Waals surface area contributed by atoms with E-state index in [9.17, 15) is 0 Å². The molecule has 0 unspecified atom stereocenters. The Morgan fingerprint density at radius 2 is 1.29 bits per heavy atom. The lowest BCUT2D eigenvalue weighted by molar-refractivity contribution is 0.381. The maximum atomic E-state index is 2.62. The molecule has 0 saturated carbocycles. The van der Waals surface area contributed by atoms with Crippen LogP contribution >= 0.6 is 0 Å². The Kier molecular flexibility index (Phi) is 7.04. The third-order valence-electron chi connectivity index (χ3n) is 6.03. The summed E-state index contributed by atoms with van der Waals surface area (Å²) < 4.78 is 0. The maximum Gasteiger partial charge on any atom is 0.0452 e. The predicted octanol–water partition coefficient (Wildman–Crippen LogP) is 8.39. The van der Waals surface area contributed by atoms with Gasteiger partial charge in [0.1, 0.15) is 0 Å². The third kappa shape index (κ3) is 4.99. The Hall–Kier alpha value is -3.06. The number of rotatable bonds is 9. The monoisotopic (exact) mass is 407 g/mol. The zero-order valence-corrected chi connectivity index (χ0v) is 18.9. The standard InChI is InChI=1S/C30H33N/c1-3-5-19-31(20-6-4-2)30(21-24-13-8-7-9-14-24)28-18-12-17-27-22-25-15-10-11-16-26(25)23-29(27)28/h7-18,21-23H,3-6,19-20H2,1-2H3. The molecule has 4 rings (SSSR count). The van der Waals surface area contributed by atoms with Crippen molar-refractivity contribution < 1.29 is 0 Å². The molecule has 0 atom stereocenters. The van der Waals surface area contributed by atoms with E-state index in [2.05, 4.69) is 110 Å². The molecule has 4 aromatic rings. The Balaban J connectivity index is 1.90. The van der Waals surface area contributed by atoms with Gasteiger partial charge in [-0.2, -0.15) is 0 Å². The molecule has 0 aliphatic rings. The molecule has 0 amide bonds. The van der Waals surface area contributed by atoms with Gasteiger partial charge in [0, 0.05) is 24.4 Å². The summed E-state index contributed by atoms with van der Waals surface area (Å²) in [6, 6.07) is 30.9. The highest BCUT2D eigenvalue weighted by molar-refractivity contribution is 6.04. The molecule has 0 saturated heterocycles. The van der Waals surface area contributed by atoms with Crippen molar-refractivity contribution in [3.05, 3.63) is 96.1 Å². The van der Waals surface area contributed by atoms with E-state index < -0.39 is 0 Å². The summed E-state index contributed by atoms with van der Waals surface area (Å²) in [6.07, 6.45) is 7.23. The van der Waals surface area contributed by atoms with Crippen molar-refractivity contribution in [3.63, 3.8) is 0 Å². The van der Waals surface area contributed by atoms with Gasteiger partial charge >= 0.3 is 0 Å². The fourth-order valence-corrected chi connectivity index (χ4v) is 4.29. The molecule has 31 heavy (non-hydrogen) atoms. The van der Waals surface area contributed by atoms with Gasteiger partial charge in [0.05, 0.1) is 0 Å². The van der Waals surface area contributed by atoms with Crippen molar-refractivity contribution in [1.82, 2.24) is 4.90 Å². The second kappa shape index (κ2) is 10.3. The zero-order valence-electron chi connectivity index (χ0n) is 18.9. The highest BCUT2D eigenvalue weighted by atomic mass is 15.1. The quantitative estimate of drug-likeness (QED) is 0.199. The van der Waals surface area contributed by atoms with Crippen LogP contribution in [0.5, 0.6) is 0 Å². The molecule has 1 nitrogen and oxygen atoms in total. The molecule has 158 valence electrons. The van der Waals surface area contributed by atoms with Gasteiger partial charge in [0.25, 0.3) is 0 Å². The predicted molar refractivity (Wildman–Crippen MR) is 137 cm³/mol. The minimum Gasteiger partial charge on any atom is -0.371 e. The summed E-state index contributed by atoms with van der Waals surface area (Å²) in [5.74, 6) is 0. The van der Waals surface area contributed by atoms with E-state index in [1.807, 2.05) is 0 Å². The summed E-state index contributed by atoms with van der Waals surface area (Å²) in [5.41, 5.74) is 3.93. The first-order valence-electron chi connectivity index (χ1n) is 11.7. The van der Waals surface area contributed by atoms with Crippen molar-refractivity contribution in [1.29, 1.82) is 0 Å². The first kappa shape index (κ1) is 21.2. The molecule has 0 N–H and O–H groups in total. The summed E-state index contributed by atoms with van der Waals surface area (Å²) in [4.78, 5) is 2.62. The zero-order chi connectivity index (χ0) is 21.5. The lowest BCUT2D eigenvalue weighted by Gasteiger charge is -2.29. The van der Waals surface area contributed by atoms with Crippen molar-refractivity contribution in [3.8, 4) is 0 Å². The van der Waals surface area contributed by atoms with Crippen LogP contribution in [0.4, 0.5) is 0 Å². The maximum absolute atomic E-state index is 2.62. The molecule has 0 aliphatic carbocycles. The van der Waals surface area contributed by atoms with Crippen molar-refractivity contribution >= 4 is 33.3 Å². The van der Waals surface area contributed by atoms with Crippen LogP contribution in [-0.2, 0) is 0 Å². The van der Waals surface area contributed by atoms with E-state index in [-0.39, 0.29) is 0 Å². The van der Waals surface area contributed by atoms with Crippen LogP contribution in [0, 0.1) is 0 Å². The van der Waals surface area contributed by atoms with Crippen LogP contribution in [0.15, 0.2) is 84.9 Å². The first-order valence-corrected chi connectivity index (χ1v) is 11.7. The topological polar surface area (TPSA) is 3.24 Å². The van der Waals surface area contributed by atoms with Gasteiger partial charge in [-0.05, 0) is 58.2 Å². The van der Waals surface area contributed by atoms with E-state index >= 15 is 0 Å². The van der Waals surface area contributed by atoms with E-state index in [1.54, 1.807) is 0 Å². The summed E-state index contributed by atoms with van der Waals surface area (Å²) >= 11 is 0. The number of hydrogen-bond acceptors (Lipinski definition) is 1. The van der Waals surface area contributed by atoms with Crippen LogP contribution in [0.2, 0.25) is 0 Å². The largest absolute Gasteiger partial charge is 0.371 e. The number of benzene rings is 4. The molecular weight excluding hydrogens is 374 g/mol. The fourth-order valence-electron chi connectivity index (χ4n) is 4.29. The number of fused-ring (bicyclic) bond motifs is 2. The van der Waals surface area contributed by atoms with E-state index in [0.29, 0.717) is 0 Å². The van der Waals surface area contributed by atoms with Gasteiger partial charge in [0.2, 0.25) is 0 Å². The molecular formula is C30H33N.